The number of hydrogen-bond donors (Lipinski definition) is 1. The van der Waals surface area contributed by atoms with E-state index in [1.54, 1.807) is 6.92 Å². The minimum absolute atomic E-state index is 0.543. The summed E-state index contributed by atoms with van der Waals surface area (Å²) in [6, 6.07) is 5.75. The fourth-order valence-electron chi connectivity index (χ4n) is 1.14. The van der Waals surface area contributed by atoms with Crippen molar-refractivity contribution >= 4 is 17.4 Å². The van der Waals surface area contributed by atoms with Crippen LogP contribution in [0.25, 0.3) is 0 Å². The van der Waals surface area contributed by atoms with Crippen molar-refractivity contribution in [2.45, 2.75) is 24.0 Å². The van der Waals surface area contributed by atoms with Crippen LogP contribution in [0, 0.1) is 13.8 Å². The van der Waals surface area contributed by atoms with Crippen LogP contribution in [0.4, 0.5) is 5.69 Å². The smallest absolute Gasteiger partial charge is 0.281 e. The molecule has 1 heterocycles. The minimum atomic E-state index is 0.543. The number of nitrogens with two attached hydrogens (primary N) is 1. The molecule has 2 aromatic rings. The second-order valence-corrected chi connectivity index (χ2v) is 4.21. The molecule has 78 valence electrons. The van der Waals surface area contributed by atoms with E-state index in [1.165, 1.54) is 11.8 Å². The first-order valence-corrected chi connectivity index (χ1v) is 5.31. The molecule has 1 aromatic heterocycles. The lowest BCUT2D eigenvalue weighted by Crippen LogP contribution is -1.87. The summed E-state index contributed by atoms with van der Waals surface area (Å²) >= 11 is 1.43. The molecule has 0 spiro atoms. The van der Waals surface area contributed by atoms with Crippen LogP contribution in [0.3, 0.4) is 0 Å². The van der Waals surface area contributed by atoms with E-state index in [4.69, 9.17) is 10.2 Å². The van der Waals surface area contributed by atoms with Crippen molar-refractivity contribution in [3.63, 3.8) is 0 Å². The number of nitrogen functional groups attached to an aromatic ring is 1. The molecule has 0 saturated heterocycles. The molecule has 0 amide bonds. The van der Waals surface area contributed by atoms with Gasteiger partial charge in [-0.05, 0) is 36.4 Å². The van der Waals surface area contributed by atoms with Crippen molar-refractivity contribution < 1.29 is 4.42 Å². The van der Waals surface area contributed by atoms with Crippen LogP contribution >= 0.6 is 11.8 Å². The average molecular weight is 221 g/mol. The molecule has 1 aromatic carbocycles. The Kier molecular flexibility index (Phi) is 2.64. The molecule has 0 aliphatic heterocycles. The first-order valence-electron chi connectivity index (χ1n) is 4.49. The summed E-state index contributed by atoms with van der Waals surface area (Å²) < 4.78 is 5.28. The third kappa shape index (κ3) is 2.30. The molecule has 0 fully saturated rings. The lowest BCUT2D eigenvalue weighted by atomic mass is 10.2. The normalized spacial score (nSPS) is 10.5. The second kappa shape index (κ2) is 3.94. The van der Waals surface area contributed by atoms with Crippen LogP contribution in [-0.2, 0) is 0 Å². The summed E-state index contributed by atoms with van der Waals surface area (Å²) in [4.78, 5) is 1.04. The van der Waals surface area contributed by atoms with Gasteiger partial charge in [-0.15, -0.1) is 10.2 Å². The number of rotatable bonds is 2. The molecular formula is C10H11N3OS. The van der Waals surface area contributed by atoms with Crippen LogP contribution < -0.4 is 5.73 Å². The SMILES string of the molecule is Cc1nnc(Sc2cc(N)ccc2C)o1. The number of aryl methyl sites for hydroxylation is 2. The molecule has 2 N–H and O–H groups in total. The van der Waals surface area contributed by atoms with Crippen molar-refractivity contribution in [1.29, 1.82) is 0 Å². The third-order valence-corrected chi connectivity index (χ3v) is 2.92. The van der Waals surface area contributed by atoms with Gasteiger partial charge >= 0.3 is 0 Å². The van der Waals surface area contributed by atoms with Crippen LogP contribution in [0.15, 0.2) is 32.7 Å². The summed E-state index contributed by atoms with van der Waals surface area (Å²) in [7, 11) is 0. The predicted molar refractivity (Wildman–Crippen MR) is 58.7 cm³/mol. The van der Waals surface area contributed by atoms with Crippen LogP contribution in [0.1, 0.15) is 11.5 Å². The van der Waals surface area contributed by atoms with Crippen LogP contribution in [-0.4, -0.2) is 10.2 Å². The van der Waals surface area contributed by atoms with Gasteiger partial charge in [0.15, 0.2) is 0 Å². The van der Waals surface area contributed by atoms with Crippen molar-refractivity contribution in [2.75, 3.05) is 5.73 Å². The summed E-state index contributed by atoms with van der Waals surface area (Å²) in [5, 5.41) is 8.23. The standard InChI is InChI=1S/C10H11N3OS/c1-6-3-4-8(11)5-9(6)15-10-13-12-7(2)14-10/h3-5H,11H2,1-2H3. The minimum Gasteiger partial charge on any atom is -0.416 e. The fraction of sp³-hybridized carbons (Fsp3) is 0.200. The summed E-state index contributed by atoms with van der Waals surface area (Å²) in [6.07, 6.45) is 0. The highest BCUT2D eigenvalue weighted by atomic mass is 32.2. The molecule has 4 nitrogen and oxygen atoms in total. The van der Waals surface area contributed by atoms with E-state index < -0.39 is 0 Å². The van der Waals surface area contributed by atoms with Gasteiger partial charge < -0.3 is 10.2 Å². The van der Waals surface area contributed by atoms with Gasteiger partial charge in [0.25, 0.3) is 5.22 Å². The molecule has 0 radical (unpaired) electrons. The molecule has 0 saturated carbocycles. The maximum atomic E-state index is 5.71. The Balaban J connectivity index is 2.27. The van der Waals surface area contributed by atoms with E-state index in [1.807, 2.05) is 25.1 Å². The number of aromatic nitrogens is 2. The van der Waals surface area contributed by atoms with Crippen LogP contribution in [0.5, 0.6) is 0 Å². The Labute approximate surface area is 91.9 Å². The zero-order chi connectivity index (χ0) is 10.8. The predicted octanol–water partition coefficient (Wildman–Crippen LogP) is 2.42. The maximum Gasteiger partial charge on any atom is 0.281 e. The quantitative estimate of drug-likeness (QED) is 0.789. The average Bonchev–Trinajstić information content (AvgIpc) is 2.58. The number of hydrogen-bond acceptors (Lipinski definition) is 5. The van der Waals surface area contributed by atoms with Gasteiger partial charge in [0.05, 0.1) is 0 Å². The van der Waals surface area contributed by atoms with Crippen molar-refractivity contribution in [3.05, 3.63) is 29.7 Å². The van der Waals surface area contributed by atoms with E-state index in [2.05, 4.69) is 10.2 Å². The highest BCUT2D eigenvalue weighted by Gasteiger charge is 2.07. The Morgan fingerprint density at radius 2 is 2.07 bits per heavy atom. The topological polar surface area (TPSA) is 64.9 Å². The van der Waals surface area contributed by atoms with Gasteiger partial charge in [0, 0.05) is 17.5 Å². The lowest BCUT2D eigenvalue weighted by Gasteiger charge is -2.02. The van der Waals surface area contributed by atoms with Crippen molar-refractivity contribution in [3.8, 4) is 0 Å². The lowest BCUT2D eigenvalue weighted by molar-refractivity contribution is 0.429. The fourth-order valence-corrected chi connectivity index (χ4v) is 2.00. The number of benzene rings is 1. The van der Waals surface area contributed by atoms with Gasteiger partial charge in [-0.1, -0.05) is 6.07 Å². The van der Waals surface area contributed by atoms with Gasteiger partial charge in [-0.3, -0.25) is 0 Å². The molecule has 15 heavy (non-hydrogen) atoms. The first kappa shape index (κ1) is 10.0. The van der Waals surface area contributed by atoms with E-state index >= 15 is 0 Å². The molecule has 0 bridgehead atoms. The Morgan fingerprint density at radius 1 is 1.27 bits per heavy atom. The molecule has 0 aliphatic rings. The Morgan fingerprint density at radius 3 is 2.73 bits per heavy atom. The highest BCUT2D eigenvalue weighted by Crippen LogP contribution is 2.30. The maximum absolute atomic E-state index is 5.71. The molecule has 5 heteroatoms. The monoisotopic (exact) mass is 221 g/mol. The van der Waals surface area contributed by atoms with Gasteiger partial charge in [-0.25, -0.2) is 0 Å². The van der Waals surface area contributed by atoms with Gasteiger partial charge in [-0.2, -0.15) is 0 Å². The zero-order valence-electron chi connectivity index (χ0n) is 8.52. The van der Waals surface area contributed by atoms with Crippen molar-refractivity contribution in [1.82, 2.24) is 10.2 Å². The van der Waals surface area contributed by atoms with Gasteiger partial charge in [0.1, 0.15) is 0 Å². The highest BCUT2D eigenvalue weighted by molar-refractivity contribution is 7.99. The van der Waals surface area contributed by atoms with Crippen LogP contribution in [0.2, 0.25) is 0 Å². The largest absolute Gasteiger partial charge is 0.416 e. The summed E-state index contributed by atoms with van der Waals surface area (Å²) in [5.74, 6) is 0.569. The molecule has 0 aliphatic carbocycles. The number of anilines is 1. The van der Waals surface area contributed by atoms with Gasteiger partial charge in [0.2, 0.25) is 5.89 Å². The van der Waals surface area contributed by atoms with E-state index in [9.17, 15) is 0 Å². The van der Waals surface area contributed by atoms with E-state index in [0.717, 1.165) is 16.1 Å². The zero-order valence-corrected chi connectivity index (χ0v) is 9.34. The molecular weight excluding hydrogens is 210 g/mol. The second-order valence-electron chi connectivity index (χ2n) is 3.21. The summed E-state index contributed by atoms with van der Waals surface area (Å²) in [5.41, 5.74) is 7.59. The van der Waals surface area contributed by atoms with Crippen molar-refractivity contribution in [2.24, 2.45) is 0 Å². The summed E-state index contributed by atoms with van der Waals surface area (Å²) in [6.45, 7) is 3.79. The Hall–Kier alpha value is -1.49. The van der Waals surface area contributed by atoms with E-state index in [0.29, 0.717) is 11.1 Å². The molecule has 0 unspecified atom stereocenters. The molecule has 2 rings (SSSR count). The first-order chi connectivity index (χ1) is 7.15. The van der Waals surface area contributed by atoms with E-state index in [-0.39, 0.29) is 0 Å². The number of nitrogens with zero attached hydrogens (tertiary/aromatic N) is 2. The molecule has 0 atom stereocenters. The Bertz CT molecular complexity index is 481. The third-order valence-electron chi connectivity index (χ3n) is 1.92.